The fraction of sp³-hybridized carbons (Fsp3) is 0.400. The molecule has 0 unspecified atom stereocenters. The molecular weight excluding hydrogens is 263 g/mol. The molecule has 0 saturated carbocycles. The van der Waals surface area contributed by atoms with Gasteiger partial charge in [0.05, 0.1) is 6.20 Å². The number of imidazole rings is 1. The van der Waals surface area contributed by atoms with Gasteiger partial charge in [0.2, 0.25) is 0 Å². The molecule has 0 aliphatic rings. The fourth-order valence-electron chi connectivity index (χ4n) is 1.39. The number of nitrogens with one attached hydrogen (secondary N) is 2. The summed E-state index contributed by atoms with van der Waals surface area (Å²) in [6.07, 6.45) is -2.43. The van der Waals surface area contributed by atoms with Crippen molar-refractivity contribution in [2.24, 2.45) is 0 Å². The Morgan fingerprint density at radius 1 is 1.42 bits per heavy atom. The van der Waals surface area contributed by atoms with Crippen LogP contribution in [0.4, 0.5) is 13.2 Å². The topological polar surface area (TPSA) is 83.6 Å². The van der Waals surface area contributed by atoms with Crippen LogP contribution in [0, 0.1) is 0 Å². The molecular formula is C10H10F3N5O. The largest absolute Gasteiger partial charge is 0.405 e. The lowest BCUT2D eigenvalue weighted by atomic mass is 10.4. The number of amides is 1. The summed E-state index contributed by atoms with van der Waals surface area (Å²) in [5.74, 6) is -0.614. The molecule has 1 amide bonds. The molecule has 19 heavy (non-hydrogen) atoms. The van der Waals surface area contributed by atoms with E-state index in [0.29, 0.717) is 17.8 Å². The molecule has 0 aliphatic carbocycles. The van der Waals surface area contributed by atoms with Crippen molar-refractivity contribution in [3.8, 4) is 0 Å². The van der Waals surface area contributed by atoms with Crippen LogP contribution in [-0.2, 0) is 6.42 Å². The molecule has 9 heteroatoms. The van der Waals surface area contributed by atoms with Crippen molar-refractivity contribution in [1.82, 2.24) is 25.3 Å². The highest BCUT2D eigenvalue weighted by molar-refractivity contribution is 5.93. The van der Waals surface area contributed by atoms with Crippen LogP contribution < -0.4 is 5.32 Å². The maximum Gasteiger partial charge on any atom is 0.405 e. The number of hydrogen-bond acceptors (Lipinski definition) is 4. The molecule has 0 fully saturated rings. The van der Waals surface area contributed by atoms with Crippen LogP contribution in [0.5, 0.6) is 0 Å². The molecule has 6 nitrogen and oxygen atoms in total. The Morgan fingerprint density at radius 2 is 2.16 bits per heavy atom. The number of carbonyl (C=O) groups excluding carboxylic acids is 1. The molecule has 0 aliphatic heterocycles. The molecule has 102 valence electrons. The van der Waals surface area contributed by atoms with E-state index in [1.807, 2.05) is 6.92 Å². The minimum atomic E-state index is -4.46. The Morgan fingerprint density at radius 3 is 2.79 bits per heavy atom. The first kappa shape index (κ1) is 13.2. The Balaban J connectivity index is 2.19. The van der Waals surface area contributed by atoms with Gasteiger partial charge in [0, 0.05) is 6.42 Å². The molecule has 2 N–H and O–H groups in total. The standard InChI is InChI=1S/C10H10F3N5O/c1-2-6-14-3-5-7(17-6)18-8(16-5)9(19)15-4-10(11,12)13/h3H,2,4H2,1H3,(H,15,19)(H,14,16,17,18). The van der Waals surface area contributed by atoms with Crippen LogP contribution >= 0.6 is 0 Å². The first-order valence-corrected chi connectivity index (χ1v) is 5.45. The second-order valence-electron chi connectivity index (χ2n) is 3.76. The van der Waals surface area contributed by atoms with Crippen molar-refractivity contribution >= 4 is 17.1 Å². The van der Waals surface area contributed by atoms with Gasteiger partial charge in [0.15, 0.2) is 11.5 Å². The van der Waals surface area contributed by atoms with E-state index in [2.05, 4.69) is 19.9 Å². The lowest BCUT2D eigenvalue weighted by Gasteiger charge is -2.06. The predicted octanol–water partition coefficient (Wildman–Crippen LogP) is 1.21. The second kappa shape index (κ2) is 4.82. The summed E-state index contributed by atoms with van der Waals surface area (Å²) in [4.78, 5) is 25.9. The van der Waals surface area contributed by atoms with Crippen LogP contribution in [0.3, 0.4) is 0 Å². The average Bonchev–Trinajstić information content (AvgIpc) is 2.77. The van der Waals surface area contributed by atoms with Gasteiger partial charge in [-0.1, -0.05) is 6.92 Å². The van der Waals surface area contributed by atoms with Crippen molar-refractivity contribution < 1.29 is 18.0 Å². The zero-order chi connectivity index (χ0) is 14.0. The summed E-state index contributed by atoms with van der Waals surface area (Å²) in [5.41, 5.74) is 0.651. The lowest BCUT2D eigenvalue weighted by molar-refractivity contribution is -0.123. The van der Waals surface area contributed by atoms with Crippen LogP contribution in [0.2, 0.25) is 0 Å². The Hall–Kier alpha value is -2.19. The average molecular weight is 273 g/mol. The highest BCUT2D eigenvalue weighted by atomic mass is 19.4. The highest BCUT2D eigenvalue weighted by Gasteiger charge is 2.28. The quantitative estimate of drug-likeness (QED) is 0.880. The zero-order valence-corrected chi connectivity index (χ0v) is 9.88. The first-order valence-electron chi connectivity index (χ1n) is 5.45. The molecule has 0 saturated heterocycles. The first-order chi connectivity index (χ1) is 8.89. The molecule has 0 spiro atoms. The SMILES string of the molecule is CCc1ncc2[nH]c(C(=O)NCC(F)(F)F)nc2n1. The third-order valence-electron chi connectivity index (χ3n) is 2.27. The van der Waals surface area contributed by atoms with Gasteiger partial charge in [-0.25, -0.2) is 15.0 Å². The van der Waals surface area contributed by atoms with Gasteiger partial charge < -0.3 is 10.3 Å². The number of rotatable bonds is 3. The van der Waals surface area contributed by atoms with Gasteiger partial charge in [0.1, 0.15) is 17.9 Å². The fourth-order valence-corrected chi connectivity index (χ4v) is 1.39. The number of aryl methyl sites for hydroxylation is 1. The Kier molecular flexibility index (Phi) is 3.36. The number of carbonyl (C=O) groups is 1. The van der Waals surface area contributed by atoms with Crippen LogP contribution in [0.25, 0.3) is 11.2 Å². The van der Waals surface area contributed by atoms with E-state index in [4.69, 9.17) is 0 Å². The zero-order valence-electron chi connectivity index (χ0n) is 9.88. The van der Waals surface area contributed by atoms with Gasteiger partial charge in [-0.2, -0.15) is 13.2 Å². The van der Waals surface area contributed by atoms with Crippen molar-refractivity contribution in [1.29, 1.82) is 0 Å². The van der Waals surface area contributed by atoms with Crippen molar-refractivity contribution in [2.75, 3.05) is 6.54 Å². The van der Waals surface area contributed by atoms with E-state index >= 15 is 0 Å². The van der Waals surface area contributed by atoms with Crippen LogP contribution in [-0.4, -0.2) is 38.6 Å². The van der Waals surface area contributed by atoms with Crippen LogP contribution in [0.1, 0.15) is 23.4 Å². The number of aromatic amines is 1. The number of alkyl halides is 3. The molecule has 2 aromatic rings. The van der Waals surface area contributed by atoms with Crippen LogP contribution in [0.15, 0.2) is 6.20 Å². The molecule has 2 aromatic heterocycles. The lowest BCUT2D eigenvalue weighted by Crippen LogP contribution is -2.34. The number of hydrogen-bond donors (Lipinski definition) is 2. The normalized spacial score (nSPS) is 11.8. The van der Waals surface area contributed by atoms with Crippen molar-refractivity contribution in [3.63, 3.8) is 0 Å². The molecule has 0 atom stereocenters. The Bertz CT molecular complexity index is 607. The highest BCUT2D eigenvalue weighted by Crippen LogP contribution is 2.13. The molecule has 0 radical (unpaired) electrons. The number of H-pyrrole nitrogens is 1. The third kappa shape index (κ3) is 3.18. The van der Waals surface area contributed by atoms with E-state index in [9.17, 15) is 18.0 Å². The van der Waals surface area contributed by atoms with Gasteiger partial charge in [-0.05, 0) is 0 Å². The Labute approximate surface area is 105 Å². The predicted molar refractivity (Wildman–Crippen MR) is 59.4 cm³/mol. The summed E-state index contributed by atoms with van der Waals surface area (Å²) < 4.78 is 35.9. The van der Waals surface area contributed by atoms with E-state index in [0.717, 1.165) is 0 Å². The third-order valence-corrected chi connectivity index (χ3v) is 2.27. The van der Waals surface area contributed by atoms with Gasteiger partial charge in [-0.3, -0.25) is 4.79 Å². The summed E-state index contributed by atoms with van der Waals surface area (Å²) >= 11 is 0. The smallest absolute Gasteiger partial charge is 0.340 e. The van der Waals surface area contributed by atoms with E-state index in [1.54, 1.807) is 5.32 Å². The summed E-state index contributed by atoms with van der Waals surface area (Å²) in [6, 6.07) is 0. The van der Waals surface area contributed by atoms with E-state index in [-0.39, 0.29) is 11.5 Å². The number of fused-ring (bicyclic) bond motifs is 1. The van der Waals surface area contributed by atoms with E-state index < -0.39 is 18.6 Å². The maximum absolute atomic E-state index is 12.0. The summed E-state index contributed by atoms with van der Waals surface area (Å²) in [6.45, 7) is 0.444. The van der Waals surface area contributed by atoms with Gasteiger partial charge in [-0.15, -0.1) is 0 Å². The molecule has 2 heterocycles. The van der Waals surface area contributed by atoms with E-state index in [1.165, 1.54) is 6.20 Å². The monoisotopic (exact) mass is 273 g/mol. The molecule has 0 bridgehead atoms. The molecule has 2 rings (SSSR count). The minimum Gasteiger partial charge on any atom is -0.340 e. The van der Waals surface area contributed by atoms with Crippen molar-refractivity contribution in [2.45, 2.75) is 19.5 Å². The van der Waals surface area contributed by atoms with Gasteiger partial charge >= 0.3 is 6.18 Å². The number of nitrogens with zero attached hydrogens (tertiary/aromatic N) is 3. The minimum absolute atomic E-state index is 0.221. The molecule has 0 aromatic carbocycles. The summed E-state index contributed by atoms with van der Waals surface area (Å²) in [7, 11) is 0. The van der Waals surface area contributed by atoms with Gasteiger partial charge in [0.25, 0.3) is 5.91 Å². The number of halogens is 3. The second-order valence-corrected chi connectivity index (χ2v) is 3.76. The van der Waals surface area contributed by atoms with Crippen molar-refractivity contribution in [3.05, 3.63) is 17.8 Å². The maximum atomic E-state index is 12.0. The summed E-state index contributed by atoms with van der Waals surface area (Å²) in [5, 5.41) is 1.72. The number of aromatic nitrogens is 4.